The molecule has 0 aromatic rings. The molecule has 1 heterocycles. The van der Waals surface area contributed by atoms with E-state index in [0.717, 1.165) is 38.5 Å². The molecule has 3 rings (SSSR count). The molecule has 3 fully saturated rings. The molecule has 3 N–H and O–H groups in total. The maximum absolute atomic E-state index is 12.6. The molecular formula is C15H26ClN3O2S. The molecule has 2 amide bonds. The van der Waals surface area contributed by atoms with Crippen LogP contribution in [-0.4, -0.2) is 47.0 Å². The third-order valence-corrected chi connectivity index (χ3v) is 5.96. The Bertz CT molecular complexity index is 414. The van der Waals surface area contributed by atoms with Crippen molar-refractivity contribution in [3.63, 3.8) is 0 Å². The number of amides is 2. The molecule has 2 saturated carbocycles. The Hall–Kier alpha value is -0.460. The van der Waals surface area contributed by atoms with Gasteiger partial charge in [0, 0.05) is 24.3 Å². The predicted octanol–water partition coefficient (Wildman–Crippen LogP) is 1.35. The van der Waals surface area contributed by atoms with Crippen LogP contribution in [-0.2, 0) is 9.59 Å². The van der Waals surface area contributed by atoms with Crippen LogP contribution in [0.25, 0.3) is 0 Å². The number of halogens is 1. The lowest BCUT2D eigenvalue weighted by Crippen LogP contribution is -2.53. The van der Waals surface area contributed by atoms with Crippen molar-refractivity contribution >= 4 is 36.0 Å². The average Bonchev–Trinajstić information content (AvgIpc) is 3.01. The SMILES string of the molecule is Cl.NCC(NC(=O)C1CSCN1C(=O)C1CCCC1)C1CC1. The van der Waals surface area contributed by atoms with Gasteiger partial charge >= 0.3 is 0 Å². The zero-order chi connectivity index (χ0) is 14.8. The summed E-state index contributed by atoms with van der Waals surface area (Å²) in [6, 6.07) is -0.206. The van der Waals surface area contributed by atoms with Crippen molar-refractivity contribution < 1.29 is 9.59 Å². The number of thioether (sulfide) groups is 1. The number of rotatable bonds is 5. The minimum absolute atomic E-state index is 0. The molecule has 1 aliphatic heterocycles. The summed E-state index contributed by atoms with van der Waals surface area (Å²) >= 11 is 1.68. The lowest BCUT2D eigenvalue weighted by Gasteiger charge is -2.27. The molecular weight excluding hydrogens is 322 g/mol. The zero-order valence-electron chi connectivity index (χ0n) is 12.8. The maximum Gasteiger partial charge on any atom is 0.243 e. The molecule has 0 spiro atoms. The van der Waals surface area contributed by atoms with E-state index in [1.807, 2.05) is 0 Å². The minimum Gasteiger partial charge on any atom is -0.350 e. The minimum atomic E-state index is -0.295. The zero-order valence-corrected chi connectivity index (χ0v) is 14.5. The van der Waals surface area contributed by atoms with E-state index in [1.165, 1.54) is 0 Å². The first-order valence-corrected chi connectivity index (χ1v) is 9.25. The van der Waals surface area contributed by atoms with E-state index in [0.29, 0.717) is 24.1 Å². The highest BCUT2D eigenvalue weighted by Crippen LogP contribution is 2.33. The second-order valence-corrected chi connectivity index (χ2v) is 7.49. The van der Waals surface area contributed by atoms with Crippen LogP contribution in [0.5, 0.6) is 0 Å². The number of hydrogen-bond donors (Lipinski definition) is 2. The van der Waals surface area contributed by atoms with Crippen molar-refractivity contribution in [1.29, 1.82) is 0 Å². The summed E-state index contributed by atoms with van der Waals surface area (Å²) in [5.41, 5.74) is 5.75. The number of hydrogen-bond acceptors (Lipinski definition) is 4. The van der Waals surface area contributed by atoms with E-state index < -0.39 is 0 Å². The smallest absolute Gasteiger partial charge is 0.243 e. The molecule has 1 saturated heterocycles. The Balaban J connectivity index is 0.00000176. The van der Waals surface area contributed by atoms with Crippen LogP contribution in [0.3, 0.4) is 0 Å². The summed E-state index contributed by atoms with van der Waals surface area (Å²) in [6.45, 7) is 0.493. The van der Waals surface area contributed by atoms with Gasteiger partial charge in [-0.3, -0.25) is 9.59 Å². The van der Waals surface area contributed by atoms with Gasteiger partial charge in [-0.25, -0.2) is 0 Å². The fourth-order valence-corrected chi connectivity index (χ4v) is 4.59. The van der Waals surface area contributed by atoms with Gasteiger partial charge in [0.2, 0.25) is 11.8 Å². The van der Waals surface area contributed by atoms with E-state index in [2.05, 4.69) is 5.32 Å². The summed E-state index contributed by atoms with van der Waals surface area (Å²) < 4.78 is 0. The number of nitrogens with zero attached hydrogens (tertiary/aromatic N) is 1. The maximum atomic E-state index is 12.6. The lowest BCUT2D eigenvalue weighted by atomic mass is 10.1. The van der Waals surface area contributed by atoms with Gasteiger partial charge in [0.05, 0.1) is 5.88 Å². The fraction of sp³-hybridized carbons (Fsp3) is 0.867. The normalized spacial score (nSPS) is 26.6. The Kier molecular flexibility index (Phi) is 6.41. The first-order valence-electron chi connectivity index (χ1n) is 8.09. The highest BCUT2D eigenvalue weighted by atomic mass is 35.5. The molecule has 2 atom stereocenters. The van der Waals surface area contributed by atoms with Crippen molar-refractivity contribution in [2.75, 3.05) is 18.2 Å². The molecule has 0 radical (unpaired) electrons. The average molecular weight is 348 g/mol. The molecule has 7 heteroatoms. The number of nitrogens with one attached hydrogen (secondary N) is 1. The van der Waals surface area contributed by atoms with Crippen LogP contribution in [0.4, 0.5) is 0 Å². The molecule has 5 nitrogen and oxygen atoms in total. The number of carbonyl (C=O) groups excluding carboxylic acids is 2. The Labute approximate surface area is 142 Å². The molecule has 126 valence electrons. The largest absolute Gasteiger partial charge is 0.350 e. The van der Waals surface area contributed by atoms with Gasteiger partial charge in [0.25, 0.3) is 0 Å². The third-order valence-electron chi connectivity index (χ3n) is 4.95. The van der Waals surface area contributed by atoms with Crippen LogP contribution < -0.4 is 11.1 Å². The van der Waals surface area contributed by atoms with E-state index in [4.69, 9.17) is 5.73 Å². The van der Waals surface area contributed by atoms with Crippen molar-refractivity contribution in [3.05, 3.63) is 0 Å². The molecule has 0 bridgehead atoms. The number of nitrogens with two attached hydrogens (primary N) is 1. The van der Waals surface area contributed by atoms with E-state index >= 15 is 0 Å². The van der Waals surface area contributed by atoms with Gasteiger partial charge in [-0.15, -0.1) is 24.2 Å². The summed E-state index contributed by atoms with van der Waals surface area (Å²) in [4.78, 5) is 26.9. The summed E-state index contributed by atoms with van der Waals surface area (Å²) in [5.74, 6) is 2.25. The Morgan fingerprint density at radius 2 is 1.91 bits per heavy atom. The Morgan fingerprint density at radius 3 is 2.50 bits per heavy atom. The van der Waals surface area contributed by atoms with Crippen LogP contribution in [0, 0.1) is 11.8 Å². The first-order chi connectivity index (χ1) is 10.2. The molecule has 0 aromatic heterocycles. The van der Waals surface area contributed by atoms with Gasteiger partial charge in [-0.05, 0) is 31.6 Å². The van der Waals surface area contributed by atoms with Crippen LogP contribution in [0.15, 0.2) is 0 Å². The topological polar surface area (TPSA) is 75.4 Å². The van der Waals surface area contributed by atoms with Crippen molar-refractivity contribution in [1.82, 2.24) is 10.2 Å². The van der Waals surface area contributed by atoms with Crippen molar-refractivity contribution in [2.24, 2.45) is 17.6 Å². The van der Waals surface area contributed by atoms with E-state index in [-0.39, 0.29) is 42.2 Å². The highest BCUT2D eigenvalue weighted by Gasteiger charge is 2.40. The monoisotopic (exact) mass is 347 g/mol. The Morgan fingerprint density at radius 1 is 1.23 bits per heavy atom. The van der Waals surface area contributed by atoms with E-state index in [9.17, 15) is 9.59 Å². The van der Waals surface area contributed by atoms with Crippen LogP contribution >= 0.6 is 24.2 Å². The molecule has 22 heavy (non-hydrogen) atoms. The molecule has 2 unspecified atom stereocenters. The van der Waals surface area contributed by atoms with Gasteiger partial charge in [-0.2, -0.15) is 0 Å². The van der Waals surface area contributed by atoms with Gasteiger partial charge in [0.1, 0.15) is 6.04 Å². The summed E-state index contributed by atoms with van der Waals surface area (Å²) in [5, 5.41) is 3.07. The molecule has 2 aliphatic carbocycles. The van der Waals surface area contributed by atoms with Gasteiger partial charge in [0.15, 0.2) is 0 Å². The molecule has 3 aliphatic rings. The van der Waals surface area contributed by atoms with Crippen molar-refractivity contribution in [3.8, 4) is 0 Å². The lowest BCUT2D eigenvalue weighted by molar-refractivity contribution is -0.141. The highest BCUT2D eigenvalue weighted by molar-refractivity contribution is 7.99. The van der Waals surface area contributed by atoms with Gasteiger partial charge in [-0.1, -0.05) is 12.8 Å². The van der Waals surface area contributed by atoms with Crippen LogP contribution in [0.2, 0.25) is 0 Å². The van der Waals surface area contributed by atoms with Crippen molar-refractivity contribution in [2.45, 2.75) is 50.6 Å². The molecule has 0 aromatic carbocycles. The first kappa shape index (κ1) is 17.9. The number of carbonyl (C=O) groups is 2. The predicted molar refractivity (Wildman–Crippen MR) is 90.9 cm³/mol. The fourth-order valence-electron chi connectivity index (χ4n) is 3.43. The van der Waals surface area contributed by atoms with Gasteiger partial charge < -0.3 is 16.0 Å². The van der Waals surface area contributed by atoms with E-state index in [1.54, 1.807) is 16.7 Å². The summed E-state index contributed by atoms with van der Waals surface area (Å²) in [7, 11) is 0. The third kappa shape index (κ3) is 3.89. The second kappa shape index (κ2) is 7.88. The quantitative estimate of drug-likeness (QED) is 0.787. The summed E-state index contributed by atoms with van der Waals surface area (Å²) in [6.07, 6.45) is 6.58. The van der Waals surface area contributed by atoms with Crippen LogP contribution in [0.1, 0.15) is 38.5 Å². The standard InChI is InChI=1S/C15H25N3O2S.ClH/c16-7-12(10-5-6-10)17-14(19)13-8-21-9-18(13)15(20)11-3-1-2-4-11;/h10-13H,1-9,16H2,(H,17,19);1H. The second-order valence-electron chi connectivity index (χ2n) is 6.49.